The first-order valence-electron chi connectivity index (χ1n) is 9.30. The van der Waals surface area contributed by atoms with Gasteiger partial charge in [-0.25, -0.2) is 8.42 Å². The highest BCUT2D eigenvalue weighted by molar-refractivity contribution is 7.89. The predicted octanol–water partition coefficient (Wildman–Crippen LogP) is 3.51. The van der Waals surface area contributed by atoms with Gasteiger partial charge in [0.25, 0.3) is 0 Å². The number of alkyl halides is 3. The molecular weight excluding hydrogens is 437 g/mol. The number of hydrogen-bond acceptors (Lipinski definition) is 5. The Bertz CT molecular complexity index is 1070. The van der Waals surface area contributed by atoms with Crippen molar-refractivity contribution in [2.24, 2.45) is 0 Å². The maximum absolute atomic E-state index is 13.4. The van der Waals surface area contributed by atoms with E-state index >= 15 is 0 Å². The van der Waals surface area contributed by atoms with E-state index in [1.807, 2.05) is 0 Å². The van der Waals surface area contributed by atoms with Crippen LogP contribution in [0, 0.1) is 0 Å². The molecule has 0 spiro atoms. The van der Waals surface area contributed by atoms with E-state index in [1.165, 1.54) is 26.4 Å². The molecule has 2 aromatic carbocycles. The van der Waals surface area contributed by atoms with Crippen LogP contribution in [0.4, 0.5) is 18.9 Å². The van der Waals surface area contributed by atoms with Crippen molar-refractivity contribution in [2.45, 2.75) is 30.0 Å². The van der Waals surface area contributed by atoms with Gasteiger partial charge in [0.05, 0.1) is 30.4 Å². The van der Waals surface area contributed by atoms with Crippen LogP contribution in [0.5, 0.6) is 11.5 Å². The zero-order valence-corrected chi connectivity index (χ0v) is 17.6. The van der Waals surface area contributed by atoms with Crippen molar-refractivity contribution in [1.82, 2.24) is 4.31 Å². The lowest BCUT2D eigenvalue weighted by Gasteiger charge is -2.25. The van der Waals surface area contributed by atoms with Gasteiger partial charge in [-0.3, -0.25) is 4.79 Å². The summed E-state index contributed by atoms with van der Waals surface area (Å²) in [5.41, 5.74) is -1.01. The number of anilines is 1. The summed E-state index contributed by atoms with van der Waals surface area (Å²) in [5.74, 6) is 0.0900. The molecule has 1 atom stereocenters. The highest BCUT2D eigenvalue weighted by Crippen LogP contribution is 2.37. The minimum Gasteiger partial charge on any atom is -0.497 e. The summed E-state index contributed by atoms with van der Waals surface area (Å²) in [6, 6.07) is 7.47. The number of ether oxygens (including phenoxy) is 2. The Morgan fingerprint density at radius 2 is 1.84 bits per heavy atom. The lowest BCUT2D eigenvalue weighted by atomic mass is 10.2. The van der Waals surface area contributed by atoms with Gasteiger partial charge in [-0.15, -0.1) is 0 Å². The molecule has 0 radical (unpaired) electrons. The summed E-state index contributed by atoms with van der Waals surface area (Å²) in [6.45, 7) is -0.0676. The summed E-state index contributed by atoms with van der Waals surface area (Å²) in [6.07, 6.45) is -4.35. The number of halogens is 3. The Morgan fingerprint density at radius 3 is 2.48 bits per heavy atom. The van der Waals surface area contributed by atoms with Gasteiger partial charge >= 0.3 is 6.18 Å². The topological polar surface area (TPSA) is 84.9 Å². The molecule has 31 heavy (non-hydrogen) atoms. The number of methoxy groups -OCH3 is 2. The maximum Gasteiger partial charge on any atom is 0.417 e. The zero-order valence-electron chi connectivity index (χ0n) is 16.8. The van der Waals surface area contributed by atoms with Gasteiger partial charge in [0, 0.05) is 12.6 Å². The Hall–Kier alpha value is -2.79. The number of rotatable bonds is 6. The van der Waals surface area contributed by atoms with Crippen LogP contribution in [0.3, 0.4) is 0 Å². The van der Waals surface area contributed by atoms with Crippen LogP contribution < -0.4 is 14.8 Å². The first-order valence-corrected chi connectivity index (χ1v) is 10.7. The molecule has 1 fully saturated rings. The molecule has 3 rings (SSSR count). The van der Waals surface area contributed by atoms with E-state index in [9.17, 15) is 26.4 Å². The highest BCUT2D eigenvalue weighted by Gasteiger charge is 2.44. The smallest absolute Gasteiger partial charge is 0.417 e. The number of amides is 1. The van der Waals surface area contributed by atoms with Crippen molar-refractivity contribution >= 4 is 21.6 Å². The van der Waals surface area contributed by atoms with Gasteiger partial charge in [-0.05, 0) is 37.1 Å². The third-order valence-corrected chi connectivity index (χ3v) is 6.92. The largest absolute Gasteiger partial charge is 0.497 e. The van der Waals surface area contributed by atoms with Gasteiger partial charge in [0.2, 0.25) is 15.9 Å². The summed E-state index contributed by atoms with van der Waals surface area (Å²) < 4.78 is 77.5. The monoisotopic (exact) mass is 458 g/mol. The number of benzene rings is 2. The van der Waals surface area contributed by atoms with Gasteiger partial charge in [-0.1, -0.05) is 12.1 Å². The molecule has 1 N–H and O–H groups in total. The molecular formula is C20H21F3N2O5S. The van der Waals surface area contributed by atoms with Crippen LogP contribution in [0.15, 0.2) is 47.4 Å². The second kappa shape index (κ2) is 8.75. The van der Waals surface area contributed by atoms with Crippen LogP contribution in [-0.2, 0) is 21.0 Å². The lowest BCUT2D eigenvalue weighted by Crippen LogP contribution is -2.43. The SMILES string of the molecule is COc1ccc(OC)c(NC(=O)C2CCCN2S(=O)(=O)c2ccccc2C(F)(F)F)c1. The molecule has 0 aromatic heterocycles. The third-order valence-electron chi connectivity index (χ3n) is 4.95. The maximum atomic E-state index is 13.4. The van der Waals surface area contributed by atoms with Crippen LogP contribution in [0.25, 0.3) is 0 Å². The molecule has 0 bridgehead atoms. The fourth-order valence-corrected chi connectivity index (χ4v) is 5.34. The van der Waals surface area contributed by atoms with Crippen molar-refractivity contribution in [3.8, 4) is 11.5 Å². The van der Waals surface area contributed by atoms with Gasteiger partial charge < -0.3 is 14.8 Å². The van der Waals surface area contributed by atoms with Crippen molar-refractivity contribution in [3.63, 3.8) is 0 Å². The molecule has 168 valence electrons. The summed E-state index contributed by atoms with van der Waals surface area (Å²) in [5, 5.41) is 2.60. The minimum atomic E-state index is -4.85. The Balaban J connectivity index is 1.92. The average Bonchev–Trinajstić information content (AvgIpc) is 3.24. The Morgan fingerprint density at radius 1 is 1.13 bits per heavy atom. The molecule has 1 amide bonds. The van der Waals surface area contributed by atoms with Crippen molar-refractivity contribution in [3.05, 3.63) is 48.0 Å². The number of sulfonamides is 1. The molecule has 1 aliphatic heterocycles. The second-order valence-electron chi connectivity index (χ2n) is 6.82. The number of carbonyl (C=O) groups is 1. The summed E-state index contributed by atoms with van der Waals surface area (Å²) in [4.78, 5) is 12.0. The molecule has 11 heteroatoms. The van der Waals surface area contributed by atoms with Crippen LogP contribution in [-0.4, -0.2) is 45.4 Å². The minimum absolute atomic E-state index is 0.0676. The number of carbonyl (C=O) groups excluding carboxylic acids is 1. The first-order chi connectivity index (χ1) is 14.6. The van der Waals surface area contributed by atoms with E-state index in [4.69, 9.17) is 9.47 Å². The molecule has 2 aromatic rings. The molecule has 1 heterocycles. The fourth-order valence-electron chi connectivity index (χ4n) is 3.47. The molecule has 1 unspecified atom stereocenters. The van der Waals surface area contributed by atoms with Crippen molar-refractivity contribution < 1.29 is 35.9 Å². The number of nitrogens with zero attached hydrogens (tertiary/aromatic N) is 1. The van der Waals surface area contributed by atoms with Crippen LogP contribution in [0.2, 0.25) is 0 Å². The van der Waals surface area contributed by atoms with E-state index in [1.54, 1.807) is 12.1 Å². The molecule has 7 nitrogen and oxygen atoms in total. The van der Waals surface area contributed by atoms with Crippen LogP contribution in [0.1, 0.15) is 18.4 Å². The average molecular weight is 458 g/mol. The third kappa shape index (κ3) is 4.62. The lowest BCUT2D eigenvalue weighted by molar-refractivity contribution is -0.139. The quantitative estimate of drug-likeness (QED) is 0.716. The number of hydrogen-bond donors (Lipinski definition) is 1. The van der Waals surface area contributed by atoms with E-state index in [0.29, 0.717) is 24.0 Å². The standard InChI is InChI=1S/C20H21F3N2O5S/c1-29-13-9-10-17(30-2)15(12-13)24-19(26)16-7-5-11-25(16)31(27,28)18-8-4-3-6-14(18)20(21,22)23/h3-4,6,8-10,12,16H,5,7,11H2,1-2H3,(H,24,26). The fraction of sp³-hybridized carbons (Fsp3) is 0.350. The second-order valence-corrected chi connectivity index (χ2v) is 8.68. The van der Waals surface area contributed by atoms with Gasteiger partial charge in [0.1, 0.15) is 17.5 Å². The number of nitrogens with one attached hydrogen (secondary N) is 1. The van der Waals surface area contributed by atoms with Crippen molar-refractivity contribution in [1.29, 1.82) is 0 Å². The van der Waals surface area contributed by atoms with E-state index in [2.05, 4.69) is 5.32 Å². The molecule has 0 saturated carbocycles. The zero-order chi connectivity index (χ0) is 22.8. The summed E-state index contributed by atoms with van der Waals surface area (Å²) >= 11 is 0. The molecule has 1 aliphatic rings. The van der Waals surface area contributed by atoms with Crippen LogP contribution >= 0.6 is 0 Å². The van der Waals surface area contributed by atoms with E-state index in [-0.39, 0.29) is 18.7 Å². The highest BCUT2D eigenvalue weighted by atomic mass is 32.2. The van der Waals surface area contributed by atoms with Gasteiger partial charge in [0.15, 0.2) is 0 Å². The molecule has 1 saturated heterocycles. The predicted molar refractivity (Wildman–Crippen MR) is 107 cm³/mol. The van der Waals surface area contributed by atoms with Gasteiger partial charge in [-0.2, -0.15) is 17.5 Å². The molecule has 0 aliphatic carbocycles. The summed E-state index contributed by atoms with van der Waals surface area (Å²) in [7, 11) is -1.73. The van der Waals surface area contributed by atoms with Crippen molar-refractivity contribution in [2.75, 3.05) is 26.1 Å². The Kier molecular flexibility index (Phi) is 6.46. The normalized spacial score (nSPS) is 17.4. The Labute approximate surface area is 177 Å². The first kappa shape index (κ1) is 22.9. The van der Waals surface area contributed by atoms with E-state index < -0.39 is 38.6 Å². The van der Waals surface area contributed by atoms with E-state index in [0.717, 1.165) is 16.4 Å².